The highest BCUT2D eigenvalue weighted by Crippen LogP contribution is 2.29. The number of fused-ring (bicyclic) bond motifs is 1. The van der Waals surface area contributed by atoms with Crippen molar-refractivity contribution in [3.63, 3.8) is 0 Å². The van der Waals surface area contributed by atoms with Gasteiger partial charge < -0.3 is 14.2 Å². The molecule has 0 aliphatic heterocycles. The second-order valence-electron chi connectivity index (χ2n) is 5.41. The number of anilines is 1. The van der Waals surface area contributed by atoms with E-state index < -0.39 is 5.82 Å². The first kappa shape index (κ1) is 15.3. The van der Waals surface area contributed by atoms with Crippen molar-refractivity contribution in [3.8, 4) is 5.75 Å². The minimum absolute atomic E-state index is 0.194. The van der Waals surface area contributed by atoms with Crippen molar-refractivity contribution in [3.05, 3.63) is 48.3 Å². The molecule has 3 rings (SSSR count). The van der Waals surface area contributed by atoms with Crippen LogP contribution in [0.2, 0.25) is 0 Å². The van der Waals surface area contributed by atoms with E-state index in [1.807, 2.05) is 11.9 Å². The third-order valence-electron chi connectivity index (χ3n) is 3.85. The predicted octanol–water partition coefficient (Wildman–Crippen LogP) is 3.24. The molecule has 2 aromatic heterocycles. The topological polar surface area (TPSA) is 43.2 Å². The van der Waals surface area contributed by atoms with Gasteiger partial charge in [-0.3, -0.25) is 0 Å². The number of ether oxygens (including phenoxy) is 1. The van der Waals surface area contributed by atoms with Crippen LogP contribution in [-0.4, -0.2) is 28.7 Å². The molecule has 0 atom stereocenters. The van der Waals surface area contributed by atoms with Crippen molar-refractivity contribution in [2.75, 3.05) is 19.1 Å². The molecule has 0 spiro atoms. The van der Waals surface area contributed by atoms with Gasteiger partial charge in [-0.1, -0.05) is 0 Å². The van der Waals surface area contributed by atoms with Crippen molar-refractivity contribution < 1.29 is 9.13 Å². The Labute approximate surface area is 134 Å². The zero-order chi connectivity index (χ0) is 16.4. The summed E-state index contributed by atoms with van der Waals surface area (Å²) in [5.74, 6) is 0.518. The maximum Gasteiger partial charge on any atom is 0.167 e. The van der Waals surface area contributed by atoms with Gasteiger partial charge in [-0.05, 0) is 24.6 Å². The van der Waals surface area contributed by atoms with Crippen molar-refractivity contribution in [1.29, 1.82) is 0 Å². The van der Waals surface area contributed by atoms with Gasteiger partial charge in [0.1, 0.15) is 12.1 Å². The van der Waals surface area contributed by atoms with Crippen molar-refractivity contribution >= 4 is 16.7 Å². The summed E-state index contributed by atoms with van der Waals surface area (Å²) in [5.41, 5.74) is 1.75. The lowest BCUT2D eigenvalue weighted by atomic mass is 10.2. The molecule has 1 aromatic carbocycles. The Kier molecular flexibility index (Phi) is 4.14. The minimum atomic E-state index is -0.424. The van der Waals surface area contributed by atoms with Crippen LogP contribution in [0.1, 0.15) is 12.5 Å². The van der Waals surface area contributed by atoms with E-state index in [1.54, 1.807) is 6.07 Å². The Hall–Kier alpha value is -2.63. The van der Waals surface area contributed by atoms with Crippen LogP contribution in [0.25, 0.3) is 10.9 Å². The summed E-state index contributed by atoms with van der Waals surface area (Å²) in [6.07, 6.45) is 5.62. The SMILES string of the molecule is CCn1ccc(CN(C)c2ncnc3cc(F)c(OC)cc23)c1. The van der Waals surface area contributed by atoms with Crippen LogP contribution < -0.4 is 9.64 Å². The molecule has 6 heteroatoms. The Bertz CT molecular complexity index is 831. The number of methoxy groups -OCH3 is 1. The number of hydrogen-bond donors (Lipinski definition) is 0. The highest BCUT2D eigenvalue weighted by atomic mass is 19.1. The van der Waals surface area contributed by atoms with Gasteiger partial charge in [0.2, 0.25) is 0 Å². The first-order valence-electron chi connectivity index (χ1n) is 7.46. The van der Waals surface area contributed by atoms with Gasteiger partial charge in [0.25, 0.3) is 0 Å². The molecular weight excluding hydrogens is 295 g/mol. The standard InChI is InChI=1S/C17H19FN4O/c1-4-22-6-5-12(10-22)9-21(2)17-13-7-16(23-3)14(18)8-15(13)19-11-20-17/h5-8,10-11H,4,9H2,1-3H3. The third-order valence-corrected chi connectivity index (χ3v) is 3.85. The minimum Gasteiger partial charge on any atom is -0.494 e. The molecule has 0 fully saturated rings. The average molecular weight is 314 g/mol. The van der Waals surface area contributed by atoms with Crippen molar-refractivity contribution in [1.82, 2.24) is 14.5 Å². The molecule has 23 heavy (non-hydrogen) atoms. The van der Waals surface area contributed by atoms with Gasteiger partial charge in [-0.25, -0.2) is 14.4 Å². The van der Waals surface area contributed by atoms with Gasteiger partial charge in [0.15, 0.2) is 11.6 Å². The maximum atomic E-state index is 13.8. The van der Waals surface area contributed by atoms with Crippen molar-refractivity contribution in [2.24, 2.45) is 0 Å². The molecule has 0 N–H and O–H groups in total. The molecule has 0 aliphatic rings. The van der Waals surface area contributed by atoms with Crippen LogP contribution in [-0.2, 0) is 13.1 Å². The first-order valence-corrected chi connectivity index (χ1v) is 7.46. The monoisotopic (exact) mass is 314 g/mol. The number of halogens is 1. The highest BCUT2D eigenvalue weighted by molar-refractivity contribution is 5.90. The smallest absolute Gasteiger partial charge is 0.167 e. The average Bonchev–Trinajstić information content (AvgIpc) is 3.01. The lowest BCUT2D eigenvalue weighted by Crippen LogP contribution is -2.18. The van der Waals surface area contributed by atoms with E-state index in [4.69, 9.17) is 4.74 Å². The number of hydrogen-bond acceptors (Lipinski definition) is 4. The molecule has 5 nitrogen and oxygen atoms in total. The van der Waals surface area contributed by atoms with Crippen LogP contribution >= 0.6 is 0 Å². The molecule has 0 saturated carbocycles. The molecule has 2 heterocycles. The van der Waals surface area contributed by atoms with E-state index in [9.17, 15) is 4.39 Å². The molecule has 0 bridgehead atoms. The van der Waals surface area contributed by atoms with Crippen LogP contribution in [0.5, 0.6) is 5.75 Å². The molecule has 3 aromatic rings. The summed E-state index contributed by atoms with van der Waals surface area (Å²) in [6, 6.07) is 5.11. The van der Waals surface area contributed by atoms with Gasteiger partial charge in [0.05, 0.1) is 12.6 Å². The number of aromatic nitrogens is 3. The van der Waals surface area contributed by atoms with E-state index >= 15 is 0 Å². The number of aryl methyl sites for hydroxylation is 1. The summed E-state index contributed by atoms with van der Waals surface area (Å²) in [6.45, 7) is 3.75. The summed E-state index contributed by atoms with van der Waals surface area (Å²) in [5, 5.41) is 0.767. The molecule has 0 aliphatic carbocycles. The molecule has 0 unspecified atom stereocenters. The zero-order valence-corrected chi connectivity index (χ0v) is 13.5. The van der Waals surface area contributed by atoms with E-state index in [-0.39, 0.29) is 5.75 Å². The largest absolute Gasteiger partial charge is 0.494 e. The van der Waals surface area contributed by atoms with E-state index in [2.05, 4.69) is 39.9 Å². The fraction of sp³-hybridized carbons (Fsp3) is 0.294. The lowest BCUT2D eigenvalue weighted by molar-refractivity contribution is 0.387. The fourth-order valence-corrected chi connectivity index (χ4v) is 2.63. The first-order chi connectivity index (χ1) is 11.1. The second-order valence-corrected chi connectivity index (χ2v) is 5.41. The van der Waals surface area contributed by atoms with Crippen LogP contribution in [0.4, 0.5) is 10.2 Å². The normalized spacial score (nSPS) is 11.0. The Balaban J connectivity index is 1.97. The zero-order valence-electron chi connectivity index (χ0n) is 13.5. The number of benzene rings is 1. The third kappa shape index (κ3) is 2.97. The summed E-state index contributed by atoms with van der Waals surface area (Å²) in [7, 11) is 3.41. The summed E-state index contributed by atoms with van der Waals surface area (Å²) >= 11 is 0. The van der Waals surface area contributed by atoms with Crippen molar-refractivity contribution in [2.45, 2.75) is 20.0 Å². The molecule has 120 valence electrons. The Morgan fingerprint density at radius 3 is 2.83 bits per heavy atom. The molecule has 0 amide bonds. The maximum absolute atomic E-state index is 13.8. The Morgan fingerprint density at radius 1 is 1.30 bits per heavy atom. The van der Waals surface area contributed by atoms with Crippen LogP contribution in [0, 0.1) is 5.82 Å². The number of rotatable bonds is 5. The van der Waals surface area contributed by atoms with Crippen LogP contribution in [0.3, 0.4) is 0 Å². The van der Waals surface area contributed by atoms with E-state index in [0.717, 1.165) is 17.7 Å². The van der Waals surface area contributed by atoms with Gasteiger partial charge >= 0.3 is 0 Å². The lowest BCUT2D eigenvalue weighted by Gasteiger charge is -2.19. The van der Waals surface area contributed by atoms with Gasteiger partial charge in [-0.15, -0.1) is 0 Å². The number of nitrogens with zero attached hydrogens (tertiary/aromatic N) is 4. The van der Waals surface area contributed by atoms with Crippen LogP contribution in [0.15, 0.2) is 36.9 Å². The van der Waals surface area contributed by atoms with E-state index in [0.29, 0.717) is 12.1 Å². The fourth-order valence-electron chi connectivity index (χ4n) is 2.63. The molecular formula is C17H19FN4O. The molecule has 0 saturated heterocycles. The van der Waals surface area contributed by atoms with E-state index in [1.165, 1.54) is 25.1 Å². The molecule has 0 radical (unpaired) electrons. The second kappa shape index (κ2) is 6.24. The van der Waals surface area contributed by atoms with Gasteiger partial charge in [-0.2, -0.15) is 0 Å². The van der Waals surface area contributed by atoms with Gasteiger partial charge in [0, 0.05) is 44.0 Å². The Morgan fingerprint density at radius 2 is 2.13 bits per heavy atom. The summed E-state index contributed by atoms with van der Waals surface area (Å²) in [4.78, 5) is 10.5. The summed E-state index contributed by atoms with van der Waals surface area (Å²) < 4.78 is 21.0. The predicted molar refractivity (Wildman–Crippen MR) is 88.3 cm³/mol. The highest BCUT2D eigenvalue weighted by Gasteiger charge is 2.13. The quantitative estimate of drug-likeness (QED) is 0.725.